The van der Waals surface area contributed by atoms with Gasteiger partial charge in [-0.25, -0.2) is 9.07 Å². The number of ether oxygens (including phenoxy) is 1. The molecule has 1 aliphatic rings. The largest absolute Gasteiger partial charge is 0.475 e. The molecule has 2 heterocycles. The second-order valence-electron chi connectivity index (χ2n) is 3.55. The van der Waals surface area contributed by atoms with E-state index >= 15 is 0 Å². The van der Waals surface area contributed by atoms with Crippen LogP contribution < -0.4 is 4.74 Å². The third kappa shape index (κ3) is 1.43. The Morgan fingerprint density at radius 1 is 1.31 bits per heavy atom. The van der Waals surface area contributed by atoms with Gasteiger partial charge in [0.15, 0.2) is 0 Å². The Labute approximate surface area is 100.0 Å². The zero-order valence-corrected chi connectivity index (χ0v) is 9.87. The van der Waals surface area contributed by atoms with Crippen LogP contribution in [0.2, 0.25) is 0 Å². The van der Waals surface area contributed by atoms with Crippen molar-refractivity contribution in [2.24, 2.45) is 0 Å². The van der Waals surface area contributed by atoms with E-state index in [0.717, 1.165) is 28.2 Å². The van der Waals surface area contributed by atoms with Crippen molar-refractivity contribution in [1.82, 2.24) is 9.78 Å². The smallest absolute Gasteiger partial charge is 0.227 e. The summed E-state index contributed by atoms with van der Waals surface area (Å²) in [6.07, 6.45) is 0. The van der Waals surface area contributed by atoms with Crippen molar-refractivity contribution >= 4 is 15.9 Å². The zero-order valence-electron chi connectivity index (χ0n) is 8.28. The average Bonchev–Trinajstić information content (AvgIpc) is 2.84. The number of benzene rings is 1. The fourth-order valence-corrected chi connectivity index (χ4v) is 2.36. The lowest BCUT2D eigenvalue weighted by atomic mass is 10.1. The average molecular weight is 283 g/mol. The first-order valence-electron chi connectivity index (χ1n) is 4.91. The molecule has 2 aromatic rings. The van der Waals surface area contributed by atoms with Gasteiger partial charge < -0.3 is 4.74 Å². The van der Waals surface area contributed by atoms with Gasteiger partial charge in [-0.15, -0.1) is 0 Å². The Morgan fingerprint density at radius 2 is 2.06 bits per heavy atom. The fraction of sp³-hybridized carbons (Fsp3) is 0.182. The van der Waals surface area contributed by atoms with Crippen molar-refractivity contribution in [2.75, 3.05) is 6.61 Å². The predicted octanol–water partition coefficient (Wildman–Crippen LogP) is 2.84. The van der Waals surface area contributed by atoms with Crippen molar-refractivity contribution in [2.45, 2.75) is 6.54 Å². The number of hydrogen-bond acceptors (Lipinski definition) is 2. The fourth-order valence-electron chi connectivity index (χ4n) is 1.74. The Kier molecular flexibility index (Phi) is 2.21. The molecule has 5 heteroatoms. The van der Waals surface area contributed by atoms with Gasteiger partial charge in [0.25, 0.3) is 0 Å². The minimum atomic E-state index is -0.247. The van der Waals surface area contributed by atoms with Crippen LogP contribution in [0.1, 0.15) is 0 Å². The molecule has 0 saturated heterocycles. The van der Waals surface area contributed by atoms with Gasteiger partial charge in [-0.05, 0) is 40.2 Å². The van der Waals surface area contributed by atoms with Crippen LogP contribution in [0.15, 0.2) is 28.7 Å². The molecule has 0 aliphatic carbocycles. The molecule has 0 atom stereocenters. The first kappa shape index (κ1) is 9.84. The summed E-state index contributed by atoms with van der Waals surface area (Å²) >= 11 is 3.46. The minimum Gasteiger partial charge on any atom is -0.475 e. The van der Waals surface area contributed by atoms with Crippen LogP contribution in [0.25, 0.3) is 11.3 Å². The first-order valence-corrected chi connectivity index (χ1v) is 5.70. The van der Waals surface area contributed by atoms with Crippen molar-refractivity contribution in [3.8, 4) is 17.1 Å². The van der Waals surface area contributed by atoms with Crippen LogP contribution in [-0.2, 0) is 6.54 Å². The van der Waals surface area contributed by atoms with Gasteiger partial charge in [-0.1, -0.05) is 0 Å². The topological polar surface area (TPSA) is 27.1 Å². The summed E-state index contributed by atoms with van der Waals surface area (Å²) in [6, 6.07) is 6.26. The molecule has 16 heavy (non-hydrogen) atoms. The Bertz CT molecular complexity index is 536. The molecule has 0 saturated carbocycles. The second kappa shape index (κ2) is 3.59. The molecule has 82 valence electrons. The van der Waals surface area contributed by atoms with Crippen molar-refractivity contribution in [1.29, 1.82) is 0 Å². The van der Waals surface area contributed by atoms with Crippen molar-refractivity contribution < 1.29 is 9.13 Å². The molecule has 1 aromatic carbocycles. The molecule has 3 nitrogen and oxygen atoms in total. The molecule has 0 N–H and O–H groups in total. The predicted molar refractivity (Wildman–Crippen MR) is 60.8 cm³/mol. The summed E-state index contributed by atoms with van der Waals surface area (Å²) in [6.45, 7) is 1.42. The van der Waals surface area contributed by atoms with Crippen LogP contribution in [0.3, 0.4) is 0 Å². The molecule has 0 bridgehead atoms. The lowest BCUT2D eigenvalue weighted by Gasteiger charge is -1.98. The standard InChI is InChI=1S/C11H8BrFN2O/c12-9-10(7-1-3-8(13)4-2-7)14-15-5-6-16-11(9)15/h1-4H,5-6H2. The van der Waals surface area contributed by atoms with E-state index in [2.05, 4.69) is 21.0 Å². The molecule has 0 amide bonds. The van der Waals surface area contributed by atoms with E-state index in [1.165, 1.54) is 12.1 Å². The van der Waals surface area contributed by atoms with Gasteiger partial charge in [-0.3, -0.25) is 0 Å². The Balaban J connectivity index is 2.10. The summed E-state index contributed by atoms with van der Waals surface area (Å²) < 4.78 is 20.9. The molecule has 1 aromatic heterocycles. The number of hydrogen-bond donors (Lipinski definition) is 0. The SMILES string of the molecule is Fc1ccc(-c2nn3c(c2Br)OCC3)cc1. The molecule has 1 aliphatic heterocycles. The highest BCUT2D eigenvalue weighted by Crippen LogP contribution is 2.37. The lowest BCUT2D eigenvalue weighted by Crippen LogP contribution is -1.96. The van der Waals surface area contributed by atoms with E-state index in [1.54, 1.807) is 12.1 Å². The van der Waals surface area contributed by atoms with E-state index < -0.39 is 0 Å². The third-order valence-corrected chi connectivity index (χ3v) is 3.23. The van der Waals surface area contributed by atoms with E-state index in [0.29, 0.717) is 6.61 Å². The molecule has 0 radical (unpaired) electrons. The van der Waals surface area contributed by atoms with Gasteiger partial charge in [0.05, 0.1) is 6.54 Å². The summed E-state index contributed by atoms with van der Waals surface area (Å²) in [5, 5.41) is 4.41. The van der Waals surface area contributed by atoms with Gasteiger partial charge in [0.2, 0.25) is 5.88 Å². The van der Waals surface area contributed by atoms with Crippen LogP contribution >= 0.6 is 15.9 Å². The molecular weight excluding hydrogens is 275 g/mol. The third-order valence-electron chi connectivity index (χ3n) is 2.51. The molecule has 0 spiro atoms. The second-order valence-corrected chi connectivity index (χ2v) is 4.34. The van der Waals surface area contributed by atoms with Crippen molar-refractivity contribution in [3.05, 3.63) is 34.6 Å². The van der Waals surface area contributed by atoms with Gasteiger partial charge in [0.1, 0.15) is 22.6 Å². The first-order chi connectivity index (χ1) is 7.75. The number of fused-ring (bicyclic) bond motifs is 1. The zero-order chi connectivity index (χ0) is 11.1. The quantitative estimate of drug-likeness (QED) is 0.804. The molecule has 3 rings (SSSR count). The highest BCUT2D eigenvalue weighted by molar-refractivity contribution is 9.10. The Morgan fingerprint density at radius 3 is 2.75 bits per heavy atom. The monoisotopic (exact) mass is 282 g/mol. The number of halogens is 2. The summed E-state index contributed by atoms with van der Waals surface area (Å²) in [4.78, 5) is 0. The maximum Gasteiger partial charge on any atom is 0.227 e. The normalized spacial score (nSPS) is 13.6. The molecular formula is C11H8BrFN2O. The summed E-state index contributed by atoms with van der Waals surface area (Å²) in [7, 11) is 0. The van der Waals surface area contributed by atoms with Crippen LogP contribution in [-0.4, -0.2) is 16.4 Å². The molecule has 0 unspecified atom stereocenters. The summed E-state index contributed by atoms with van der Waals surface area (Å²) in [5.74, 6) is 0.502. The Hall–Kier alpha value is -1.36. The number of rotatable bonds is 1. The van der Waals surface area contributed by atoms with E-state index in [4.69, 9.17) is 4.74 Å². The summed E-state index contributed by atoms with van der Waals surface area (Å²) in [5.41, 5.74) is 1.66. The maximum absolute atomic E-state index is 12.8. The van der Waals surface area contributed by atoms with Gasteiger partial charge in [-0.2, -0.15) is 5.10 Å². The number of aromatic nitrogens is 2. The van der Waals surface area contributed by atoms with Crippen LogP contribution in [0.5, 0.6) is 5.88 Å². The van der Waals surface area contributed by atoms with Crippen LogP contribution in [0.4, 0.5) is 4.39 Å². The van der Waals surface area contributed by atoms with E-state index in [9.17, 15) is 4.39 Å². The minimum absolute atomic E-state index is 0.247. The van der Waals surface area contributed by atoms with E-state index in [1.807, 2.05) is 4.68 Å². The molecule has 0 fully saturated rings. The van der Waals surface area contributed by atoms with E-state index in [-0.39, 0.29) is 5.82 Å². The highest BCUT2D eigenvalue weighted by Gasteiger charge is 2.22. The lowest BCUT2D eigenvalue weighted by molar-refractivity contribution is 0.355. The highest BCUT2D eigenvalue weighted by atomic mass is 79.9. The van der Waals surface area contributed by atoms with Crippen molar-refractivity contribution in [3.63, 3.8) is 0 Å². The van der Waals surface area contributed by atoms with Gasteiger partial charge in [0, 0.05) is 5.56 Å². The van der Waals surface area contributed by atoms with Crippen LogP contribution in [0, 0.1) is 5.82 Å². The number of nitrogens with zero attached hydrogens (tertiary/aromatic N) is 2. The maximum atomic E-state index is 12.8. The van der Waals surface area contributed by atoms with Gasteiger partial charge >= 0.3 is 0 Å².